The fourth-order valence-electron chi connectivity index (χ4n) is 2.91. The van der Waals surface area contributed by atoms with Gasteiger partial charge < -0.3 is 9.88 Å². The van der Waals surface area contributed by atoms with Crippen LogP contribution in [0.15, 0.2) is 89.8 Å². The van der Waals surface area contributed by atoms with E-state index in [1.807, 2.05) is 83.7 Å². The molecule has 0 saturated carbocycles. The number of halogens is 1. The number of carbonyl (C=O) groups excluding carboxylic acids is 1. The van der Waals surface area contributed by atoms with Crippen LogP contribution in [-0.2, 0) is 6.54 Å². The standard InChI is InChI=1S/C21H17BrN4O/c22-17-8-6-7-16(13-17)14-23-20(27)19-15-24-26(18-9-2-1-3-10-18)21(19)25-11-4-5-12-25/h1-13,15H,14H2,(H,23,27). The number of benzene rings is 2. The van der Waals surface area contributed by atoms with Crippen LogP contribution in [-0.4, -0.2) is 20.3 Å². The molecule has 134 valence electrons. The van der Waals surface area contributed by atoms with Gasteiger partial charge in [-0.3, -0.25) is 4.79 Å². The fraction of sp³-hybridized carbons (Fsp3) is 0.0476. The van der Waals surface area contributed by atoms with E-state index in [-0.39, 0.29) is 5.91 Å². The molecule has 27 heavy (non-hydrogen) atoms. The van der Waals surface area contributed by atoms with Gasteiger partial charge in [-0.15, -0.1) is 0 Å². The molecule has 0 fully saturated rings. The number of rotatable bonds is 5. The van der Waals surface area contributed by atoms with Crippen molar-refractivity contribution in [2.45, 2.75) is 6.54 Å². The molecular formula is C21H17BrN4O. The molecule has 0 unspecified atom stereocenters. The van der Waals surface area contributed by atoms with Crippen molar-refractivity contribution in [3.8, 4) is 11.5 Å². The van der Waals surface area contributed by atoms with Gasteiger partial charge in [0.25, 0.3) is 5.91 Å². The fourth-order valence-corrected chi connectivity index (χ4v) is 3.36. The van der Waals surface area contributed by atoms with E-state index in [2.05, 4.69) is 26.3 Å². The van der Waals surface area contributed by atoms with Crippen LogP contribution in [0.2, 0.25) is 0 Å². The first-order chi connectivity index (χ1) is 13.2. The molecule has 0 bridgehead atoms. The Kier molecular flexibility index (Phi) is 4.89. The number of aromatic nitrogens is 3. The Morgan fingerprint density at radius 1 is 1.00 bits per heavy atom. The summed E-state index contributed by atoms with van der Waals surface area (Å²) in [7, 11) is 0. The summed E-state index contributed by atoms with van der Waals surface area (Å²) in [6.45, 7) is 0.444. The quantitative estimate of drug-likeness (QED) is 0.521. The molecule has 0 saturated heterocycles. The minimum absolute atomic E-state index is 0.166. The zero-order chi connectivity index (χ0) is 18.6. The Hall–Kier alpha value is -3.12. The third-order valence-corrected chi connectivity index (χ3v) is 4.67. The lowest BCUT2D eigenvalue weighted by molar-refractivity contribution is 0.0951. The first kappa shape index (κ1) is 17.3. The third kappa shape index (κ3) is 3.71. The van der Waals surface area contributed by atoms with E-state index >= 15 is 0 Å². The molecule has 0 spiro atoms. The molecule has 5 nitrogen and oxygen atoms in total. The molecule has 2 aromatic carbocycles. The highest BCUT2D eigenvalue weighted by Gasteiger charge is 2.19. The zero-order valence-electron chi connectivity index (χ0n) is 14.4. The van der Waals surface area contributed by atoms with Gasteiger partial charge in [0.15, 0.2) is 5.82 Å². The Balaban J connectivity index is 1.66. The summed E-state index contributed by atoms with van der Waals surface area (Å²) < 4.78 is 4.65. The number of amides is 1. The SMILES string of the molecule is O=C(NCc1cccc(Br)c1)c1cnn(-c2ccccc2)c1-n1cccc1. The molecule has 0 aliphatic heterocycles. The van der Waals surface area contributed by atoms with Gasteiger partial charge in [0.2, 0.25) is 0 Å². The number of para-hydroxylation sites is 1. The molecule has 6 heteroatoms. The van der Waals surface area contributed by atoms with Gasteiger partial charge in [0, 0.05) is 23.4 Å². The van der Waals surface area contributed by atoms with E-state index in [1.165, 1.54) is 0 Å². The van der Waals surface area contributed by atoms with Gasteiger partial charge in [0.1, 0.15) is 5.56 Å². The zero-order valence-corrected chi connectivity index (χ0v) is 16.0. The van der Waals surface area contributed by atoms with E-state index in [4.69, 9.17) is 0 Å². The minimum atomic E-state index is -0.166. The summed E-state index contributed by atoms with van der Waals surface area (Å²) in [4.78, 5) is 12.9. The van der Waals surface area contributed by atoms with Gasteiger partial charge >= 0.3 is 0 Å². The lowest BCUT2D eigenvalue weighted by Gasteiger charge is -2.11. The predicted molar refractivity (Wildman–Crippen MR) is 108 cm³/mol. The van der Waals surface area contributed by atoms with Crippen molar-refractivity contribution in [3.05, 3.63) is 101 Å². The average Bonchev–Trinajstić information content (AvgIpc) is 3.36. The van der Waals surface area contributed by atoms with Crippen LogP contribution in [0.5, 0.6) is 0 Å². The summed E-state index contributed by atoms with van der Waals surface area (Å²) in [5, 5.41) is 7.44. The van der Waals surface area contributed by atoms with Crippen LogP contribution >= 0.6 is 15.9 Å². The second-order valence-electron chi connectivity index (χ2n) is 6.03. The lowest BCUT2D eigenvalue weighted by Crippen LogP contribution is -2.24. The topological polar surface area (TPSA) is 51.9 Å². The van der Waals surface area contributed by atoms with Crippen LogP contribution in [0.25, 0.3) is 11.5 Å². The second kappa shape index (κ2) is 7.63. The van der Waals surface area contributed by atoms with Crippen LogP contribution in [0.1, 0.15) is 15.9 Å². The smallest absolute Gasteiger partial charge is 0.256 e. The summed E-state index contributed by atoms with van der Waals surface area (Å²) in [6, 6.07) is 21.5. The number of nitrogens with one attached hydrogen (secondary N) is 1. The summed E-state index contributed by atoms with van der Waals surface area (Å²) in [6.07, 6.45) is 5.42. The van der Waals surface area contributed by atoms with E-state index < -0.39 is 0 Å². The van der Waals surface area contributed by atoms with Crippen molar-refractivity contribution in [2.75, 3.05) is 0 Å². The molecule has 0 aliphatic carbocycles. The second-order valence-corrected chi connectivity index (χ2v) is 6.95. The highest BCUT2D eigenvalue weighted by molar-refractivity contribution is 9.10. The van der Waals surface area contributed by atoms with Crippen molar-refractivity contribution >= 4 is 21.8 Å². The number of hydrogen-bond donors (Lipinski definition) is 1. The number of nitrogens with zero attached hydrogens (tertiary/aromatic N) is 3. The predicted octanol–water partition coefficient (Wildman–Crippen LogP) is 4.36. The summed E-state index contributed by atoms with van der Waals surface area (Å²) in [5.74, 6) is 0.541. The maximum Gasteiger partial charge on any atom is 0.256 e. The molecule has 0 atom stereocenters. The summed E-state index contributed by atoms with van der Waals surface area (Å²) >= 11 is 3.45. The van der Waals surface area contributed by atoms with E-state index in [0.717, 1.165) is 15.7 Å². The van der Waals surface area contributed by atoms with E-state index in [0.29, 0.717) is 17.9 Å². The van der Waals surface area contributed by atoms with E-state index in [9.17, 15) is 4.79 Å². The largest absolute Gasteiger partial charge is 0.348 e. The first-order valence-corrected chi connectivity index (χ1v) is 9.31. The highest BCUT2D eigenvalue weighted by atomic mass is 79.9. The summed E-state index contributed by atoms with van der Waals surface area (Å²) in [5.41, 5.74) is 2.44. The Morgan fingerprint density at radius 2 is 1.78 bits per heavy atom. The molecule has 2 aromatic heterocycles. The van der Waals surface area contributed by atoms with Gasteiger partial charge in [-0.2, -0.15) is 5.10 Å². The van der Waals surface area contributed by atoms with Crippen LogP contribution in [0.4, 0.5) is 0 Å². The maximum absolute atomic E-state index is 12.9. The van der Waals surface area contributed by atoms with Crippen LogP contribution in [0.3, 0.4) is 0 Å². The maximum atomic E-state index is 12.9. The van der Waals surface area contributed by atoms with Crippen molar-refractivity contribution in [2.24, 2.45) is 0 Å². The monoisotopic (exact) mass is 420 g/mol. The Morgan fingerprint density at radius 3 is 2.52 bits per heavy atom. The van der Waals surface area contributed by atoms with Crippen LogP contribution < -0.4 is 5.32 Å². The molecule has 1 amide bonds. The van der Waals surface area contributed by atoms with Crippen molar-refractivity contribution in [1.82, 2.24) is 19.7 Å². The molecule has 0 aliphatic rings. The molecule has 1 N–H and O–H groups in total. The third-order valence-electron chi connectivity index (χ3n) is 4.18. The van der Waals surface area contributed by atoms with E-state index in [1.54, 1.807) is 10.9 Å². The average molecular weight is 421 g/mol. The minimum Gasteiger partial charge on any atom is -0.348 e. The number of hydrogen-bond acceptors (Lipinski definition) is 2. The van der Waals surface area contributed by atoms with Crippen molar-refractivity contribution < 1.29 is 4.79 Å². The van der Waals surface area contributed by atoms with Crippen molar-refractivity contribution in [1.29, 1.82) is 0 Å². The van der Waals surface area contributed by atoms with Gasteiger partial charge in [0.05, 0.1) is 11.9 Å². The lowest BCUT2D eigenvalue weighted by atomic mass is 10.2. The molecule has 4 aromatic rings. The molecule has 4 rings (SSSR count). The first-order valence-electron chi connectivity index (χ1n) is 8.52. The molecule has 0 radical (unpaired) electrons. The molecule has 2 heterocycles. The highest BCUT2D eigenvalue weighted by Crippen LogP contribution is 2.20. The van der Waals surface area contributed by atoms with Gasteiger partial charge in [-0.25, -0.2) is 4.68 Å². The normalized spacial score (nSPS) is 10.7. The Labute approximate surface area is 165 Å². The van der Waals surface area contributed by atoms with Crippen molar-refractivity contribution in [3.63, 3.8) is 0 Å². The van der Waals surface area contributed by atoms with Crippen LogP contribution in [0, 0.1) is 0 Å². The van der Waals surface area contributed by atoms with Gasteiger partial charge in [-0.05, 0) is 42.0 Å². The number of carbonyl (C=O) groups is 1. The molecular weight excluding hydrogens is 404 g/mol. The van der Waals surface area contributed by atoms with Gasteiger partial charge in [-0.1, -0.05) is 46.3 Å². The Bertz CT molecular complexity index is 1060.